The zero-order valence-electron chi connectivity index (χ0n) is 21.7. The second kappa shape index (κ2) is 10.5. The molecule has 0 bridgehead atoms. The lowest BCUT2D eigenvalue weighted by molar-refractivity contribution is -0.0498. The quantitative estimate of drug-likeness (QED) is 0.380. The van der Waals surface area contributed by atoms with Crippen molar-refractivity contribution in [3.63, 3.8) is 0 Å². The molecule has 4 heterocycles. The van der Waals surface area contributed by atoms with Crippen LogP contribution in [0.3, 0.4) is 0 Å². The fraction of sp³-hybridized carbons (Fsp3) is 0.423. The van der Waals surface area contributed by atoms with E-state index >= 15 is 0 Å². The summed E-state index contributed by atoms with van der Waals surface area (Å²) in [6, 6.07) is 7.67. The molecule has 1 aromatic carbocycles. The van der Waals surface area contributed by atoms with Gasteiger partial charge in [-0.05, 0) is 51.3 Å². The number of benzene rings is 1. The van der Waals surface area contributed by atoms with Gasteiger partial charge in [0.1, 0.15) is 17.0 Å². The SMILES string of the molecule is CC(C)(C)OC(=O)N1CCC(c2cc(=O)[nH]c3c(-c4noc(Cc5ccc(OC(F)F)cc5)n4)cnn23)CC1. The number of carbonyl (C=O) groups excluding carboxylic acids is 1. The van der Waals surface area contributed by atoms with Crippen molar-refractivity contribution in [2.45, 2.75) is 58.2 Å². The molecule has 39 heavy (non-hydrogen) atoms. The van der Waals surface area contributed by atoms with E-state index in [1.54, 1.807) is 27.7 Å². The van der Waals surface area contributed by atoms with Crippen LogP contribution in [0.2, 0.25) is 0 Å². The van der Waals surface area contributed by atoms with Gasteiger partial charge in [0, 0.05) is 25.1 Å². The highest BCUT2D eigenvalue weighted by atomic mass is 19.3. The number of alkyl halides is 2. The number of H-pyrrole nitrogens is 1. The van der Waals surface area contributed by atoms with Crippen LogP contribution < -0.4 is 10.3 Å². The summed E-state index contributed by atoms with van der Waals surface area (Å²) >= 11 is 0. The molecule has 1 N–H and O–H groups in total. The van der Waals surface area contributed by atoms with E-state index < -0.39 is 12.2 Å². The van der Waals surface area contributed by atoms with Crippen LogP contribution >= 0.6 is 0 Å². The van der Waals surface area contributed by atoms with Gasteiger partial charge in [-0.3, -0.25) is 4.79 Å². The number of ether oxygens (including phenoxy) is 2. The first-order valence-electron chi connectivity index (χ1n) is 12.5. The third kappa shape index (κ3) is 6.07. The van der Waals surface area contributed by atoms with Gasteiger partial charge in [0.25, 0.3) is 5.56 Å². The fourth-order valence-electron chi connectivity index (χ4n) is 4.55. The Bertz CT molecular complexity index is 1510. The van der Waals surface area contributed by atoms with Gasteiger partial charge >= 0.3 is 12.7 Å². The average Bonchev–Trinajstić information content (AvgIpc) is 3.50. The zero-order valence-corrected chi connectivity index (χ0v) is 21.7. The van der Waals surface area contributed by atoms with Crippen molar-refractivity contribution in [2.24, 2.45) is 0 Å². The first-order chi connectivity index (χ1) is 18.6. The fourth-order valence-corrected chi connectivity index (χ4v) is 4.55. The number of nitrogens with zero attached hydrogens (tertiary/aromatic N) is 5. The molecule has 1 saturated heterocycles. The van der Waals surface area contributed by atoms with Crippen LogP contribution in [0.25, 0.3) is 17.0 Å². The number of piperidine rings is 1. The summed E-state index contributed by atoms with van der Waals surface area (Å²) in [6.07, 6.45) is 2.80. The smallest absolute Gasteiger partial charge is 0.410 e. The van der Waals surface area contributed by atoms with Crippen molar-refractivity contribution >= 4 is 11.7 Å². The van der Waals surface area contributed by atoms with E-state index in [0.29, 0.717) is 43.0 Å². The Hall–Kier alpha value is -4.29. The number of halogens is 2. The molecule has 1 fully saturated rings. The number of hydrogen-bond donors (Lipinski definition) is 1. The number of likely N-dealkylation sites (tertiary alicyclic amines) is 1. The summed E-state index contributed by atoms with van der Waals surface area (Å²) in [6.45, 7) is 3.61. The monoisotopic (exact) mass is 542 g/mol. The summed E-state index contributed by atoms with van der Waals surface area (Å²) < 4.78 is 41.6. The van der Waals surface area contributed by atoms with E-state index in [4.69, 9.17) is 9.26 Å². The Morgan fingerprint density at radius 2 is 1.92 bits per heavy atom. The highest BCUT2D eigenvalue weighted by Crippen LogP contribution is 2.30. The van der Waals surface area contributed by atoms with Gasteiger partial charge in [-0.25, -0.2) is 9.31 Å². The van der Waals surface area contributed by atoms with Gasteiger partial charge in [-0.15, -0.1) is 0 Å². The van der Waals surface area contributed by atoms with Crippen molar-refractivity contribution in [1.29, 1.82) is 0 Å². The number of hydrogen-bond acceptors (Lipinski definition) is 8. The molecule has 13 heteroatoms. The van der Waals surface area contributed by atoms with Crippen LogP contribution in [0.15, 0.2) is 45.8 Å². The molecule has 1 aliphatic rings. The highest BCUT2D eigenvalue weighted by molar-refractivity contribution is 5.72. The third-order valence-corrected chi connectivity index (χ3v) is 6.31. The van der Waals surface area contributed by atoms with Crippen molar-refractivity contribution in [1.82, 2.24) is 29.6 Å². The molecule has 5 rings (SSSR count). The van der Waals surface area contributed by atoms with Crippen molar-refractivity contribution in [2.75, 3.05) is 13.1 Å². The molecule has 0 atom stereocenters. The number of nitrogens with one attached hydrogen (secondary N) is 1. The van der Waals surface area contributed by atoms with Gasteiger partial charge in [-0.1, -0.05) is 17.3 Å². The number of fused-ring (bicyclic) bond motifs is 1. The molecule has 1 aliphatic heterocycles. The predicted octanol–water partition coefficient (Wildman–Crippen LogP) is 4.38. The topological polar surface area (TPSA) is 128 Å². The number of amides is 1. The molecule has 0 saturated carbocycles. The first kappa shape index (κ1) is 26.3. The number of carbonyl (C=O) groups is 1. The van der Waals surface area contributed by atoms with Crippen LogP contribution in [0.4, 0.5) is 13.6 Å². The Morgan fingerprint density at radius 3 is 2.59 bits per heavy atom. The molecular weight excluding hydrogens is 514 g/mol. The summed E-state index contributed by atoms with van der Waals surface area (Å²) in [7, 11) is 0. The summed E-state index contributed by atoms with van der Waals surface area (Å²) in [4.78, 5) is 34.0. The van der Waals surface area contributed by atoms with E-state index in [9.17, 15) is 18.4 Å². The second-order valence-electron chi connectivity index (χ2n) is 10.3. The second-order valence-corrected chi connectivity index (χ2v) is 10.3. The number of aromatic nitrogens is 5. The van der Waals surface area contributed by atoms with E-state index in [-0.39, 0.29) is 35.6 Å². The molecular formula is C26H28F2N6O5. The first-order valence-corrected chi connectivity index (χ1v) is 12.5. The lowest BCUT2D eigenvalue weighted by Crippen LogP contribution is -2.41. The Labute approximate surface area is 221 Å². The standard InChI is InChI=1S/C26H28F2N6O5/c1-26(2,3)38-25(36)33-10-8-16(9-11-33)19-13-20(35)30-23-18(14-29-34(19)23)22-31-21(39-32-22)12-15-4-6-17(7-5-15)37-24(27)28/h4-7,13-14,16,24H,8-12H2,1-3H3,(H,30,35). The van der Waals surface area contributed by atoms with Crippen LogP contribution in [0, 0.1) is 0 Å². The summed E-state index contributed by atoms with van der Waals surface area (Å²) in [5.41, 5.74) is 1.58. The van der Waals surface area contributed by atoms with Crippen LogP contribution in [-0.2, 0) is 11.2 Å². The molecule has 0 radical (unpaired) electrons. The normalized spacial score (nSPS) is 14.8. The van der Waals surface area contributed by atoms with Crippen molar-refractivity contribution in [3.05, 3.63) is 64.0 Å². The molecule has 3 aromatic heterocycles. The minimum atomic E-state index is -2.89. The maximum Gasteiger partial charge on any atom is 0.410 e. The van der Waals surface area contributed by atoms with Gasteiger partial charge in [0.15, 0.2) is 0 Å². The van der Waals surface area contributed by atoms with E-state index in [0.717, 1.165) is 11.3 Å². The minimum absolute atomic E-state index is 0.0130. The van der Waals surface area contributed by atoms with E-state index in [2.05, 4.69) is 25.0 Å². The molecule has 206 valence electrons. The molecule has 0 unspecified atom stereocenters. The summed E-state index contributed by atoms with van der Waals surface area (Å²) in [5, 5.41) is 8.53. The largest absolute Gasteiger partial charge is 0.444 e. The van der Waals surface area contributed by atoms with Gasteiger partial charge in [-0.2, -0.15) is 18.9 Å². The maximum absolute atomic E-state index is 12.6. The van der Waals surface area contributed by atoms with Crippen LogP contribution in [-0.4, -0.2) is 61.0 Å². The molecule has 0 spiro atoms. The lowest BCUT2D eigenvalue weighted by atomic mass is 9.93. The Balaban J connectivity index is 1.32. The van der Waals surface area contributed by atoms with Crippen LogP contribution in [0.1, 0.15) is 56.7 Å². The maximum atomic E-state index is 12.6. The molecule has 11 nitrogen and oxygen atoms in total. The summed E-state index contributed by atoms with van der Waals surface area (Å²) in [5.74, 6) is 0.630. The number of rotatable bonds is 6. The van der Waals surface area contributed by atoms with Gasteiger partial charge in [0.05, 0.1) is 23.9 Å². The average molecular weight is 543 g/mol. The van der Waals surface area contributed by atoms with Crippen molar-refractivity contribution in [3.8, 4) is 17.1 Å². The molecule has 0 aliphatic carbocycles. The van der Waals surface area contributed by atoms with Crippen LogP contribution in [0.5, 0.6) is 5.75 Å². The zero-order chi connectivity index (χ0) is 27.7. The predicted molar refractivity (Wildman–Crippen MR) is 135 cm³/mol. The molecule has 4 aromatic rings. The lowest BCUT2D eigenvalue weighted by Gasteiger charge is -2.33. The molecule has 1 amide bonds. The van der Waals surface area contributed by atoms with Crippen molar-refractivity contribution < 1.29 is 27.6 Å². The highest BCUT2D eigenvalue weighted by Gasteiger charge is 2.29. The van der Waals surface area contributed by atoms with Gasteiger partial charge < -0.3 is 23.9 Å². The van der Waals surface area contributed by atoms with Gasteiger partial charge in [0.2, 0.25) is 11.7 Å². The minimum Gasteiger partial charge on any atom is -0.444 e. The third-order valence-electron chi connectivity index (χ3n) is 6.31. The Kier molecular flexibility index (Phi) is 7.06. The number of aromatic amines is 1. The van der Waals surface area contributed by atoms with E-state index in [1.165, 1.54) is 18.2 Å². The Morgan fingerprint density at radius 1 is 1.21 bits per heavy atom. The van der Waals surface area contributed by atoms with E-state index in [1.807, 2.05) is 20.8 Å².